The zero-order valence-corrected chi connectivity index (χ0v) is 18.3. The highest BCUT2D eigenvalue weighted by Gasteiger charge is 2.50. The zero-order chi connectivity index (χ0) is 26.1. The molecule has 0 rings (SSSR count). The normalized spacial score (nSPS) is 15.8. The molecule has 16 heteroatoms. The molecular formula is C17H26F6N4O6. The van der Waals surface area contributed by atoms with Crippen LogP contribution in [-0.2, 0) is 28.7 Å². The van der Waals surface area contributed by atoms with E-state index >= 15 is 0 Å². The fourth-order valence-corrected chi connectivity index (χ4v) is 2.68. The second kappa shape index (κ2) is 12.2. The molecule has 0 aromatic heterocycles. The van der Waals surface area contributed by atoms with Gasteiger partial charge in [0.2, 0.25) is 11.4 Å². The second-order valence-electron chi connectivity index (χ2n) is 6.69. The summed E-state index contributed by atoms with van der Waals surface area (Å²) in [5.74, 6) is -7.33. The van der Waals surface area contributed by atoms with Crippen molar-refractivity contribution in [2.24, 2.45) is 0 Å². The third-order valence-corrected chi connectivity index (χ3v) is 4.36. The first kappa shape index (κ1) is 30.7. The average Bonchev–Trinajstić information content (AvgIpc) is 2.70. The molecule has 2 unspecified atom stereocenters. The van der Waals surface area contributed by atoms with E-state index < -0.39 is 73.2 Å². The number of esters is 2. The van der Waals surface area contributed by atoms with E-state index in [-0.39, 0.29) is 6.42 Å². The maximum atomic E-state index is 12.6. The van der Waals surface area contributed by atoms with Gasteiger partial charge in [-0.25, -0.2) is 9.59 Å². The minimum atomic E-state index is -5.38. The Kier molecular flexibility index (Phi) is 11.4. The van der Waals surface area contributed by atoms with Crippen molar-refractivity contribution in [3.8, 4) is 0 Å². The van der Waals surface area contributed by atoms with Crippen LogP contribution in [0.5, 0.6) is 0 Å². The molecule has 0 aliphatic rings. The molecule has 0 aliphatic heterocycles. The number of Topliss-reactive ketones (excluding diaryl/α,β-unsaturated/α-hetero) is 2. The van der Waals surface area contributed by atoms with Gasteiger partial charge in [0.05, 0.1) is 13.1 Å². The van der Waals surface area contributed by atoms with E-state index in [9.17, 15) is 45.5 Å². The lowest BCUT2D eigenvalue weighted by molar-refractivity contribution is -0.216. The van der Waals surface area contributed by atoms with Crippen molar-refractivity contribution in [3.63, 3.8) is 0 Å². The highest BCUT2D eigenvalue weighted by atomic mass is 19.4. The van der Waals surface area contributed by atoms with E-state index in [0.29, 0.717) is 0 Å². The molecule has 0 spiro atoms. The Hall–Kier alpha value is -2.30. The van der Waals surface area contributed by atoms with Gasteiger partial charge in [-0.2, -0.15) is 26.3 Å². The van der Waals surface area contributed by atoms with Crippen molar-refractivity contribution in [1.82, 2.24) is 21.3 Å². The van der Waals surface area contributed by atoms with Crippen molar-refractivity contribution in [1.29, 1.82) is 0 Å². The summed E-state index contributed by atoms with van der Waals surface area (Å²) in [5.41, 5.74) is -4.84. The smallest absolute Gasteiger partial charge is 0.428 e. The molecule has 0 saturated carbocycles. The lowest BCUT2D eigenvalue weighted by Crippen LogP contribution is -2.61. The summed E-state index contributed by atoms with van der Waals surface area (Å²) in [6.45, 7) is -1.11. The van der Waals surface area contributed by atoms with Crippen LogP contribution in [0.25, 0.3) is 0 Å². The standard InChI is InChI=1S/C17H26F6N4O6/c1-24-8-14(26-3,32-12(30)16(18,19)20)10(28)6-5-7-11(29)15(27-4,9-25-2)33-13(31)17(21,22)23/h24-27H,5-9H2,1-4H3. The summed E-state index contributed by atoms with van der Waals surface area (Å²) in [6, 6.07) is 0. The highest BCUT2D eigenvalue weighted by molar-refractivity contribution is 5.92. The van der Waals surface area contributed by atoms with Gasteiger partial charge in [-0.05, 0) is 34.6 Å². The van der Waals surface area contributed by atoms with Gasteiger partial charge in [0.1, 0.15) is 0 Å². The Balaban J connectivity index is 5.46. The SMILES string of the molecule is CNCC(NC)(OC(=O)C(F)(F)F)C(=O)CCCC(=O)C(CNC)(NC)OC(=O)C(F)(F)F. The number of hydrogen-bond donors (Lipinski definition) is 4. The van der Waals surface area contributed by atoms with Gasteiger partial charge >= 0.3 is 24.3 Å². The van der Waals surface area contributed by atoms with Gasteiger partial charge in [-0.15, -0.1) is 0 Å². The quantitative estimate of drug-likeness (QED) is 0.145. The second-order valence-corrected chi connectivity index (χ2v) is 6.69. The van der Waals surface area contributed by atoms with Gasteiger partial charge in [0, 0.05) is 12.8 Å². The van der Waals surface area contributed by atoms with E-state index in [1.165, 1.54) is 14.1 Å². The molecule has 2 atom stereocenters. The monoisotopic (exact) mass is 496 g/mol. The van der Waals surface area contributed by atoms with Crippen molar-refractivity contribution < 1.29 is 55.0 Å². The van der Waals surface area contributed by atoms with E-state index in [4.69, 9.17) is 0 Å². The number of halogens is 6. The van der Waals surface area contributed by atoms with E-state index in [1.54, 1.807) is 0 Å². The molecule has 0 fully saturated rings. The van der Waals surface area contributed by atoms with Crippen molar-refractivity contribution in [3.05, 3.63) is 0 Å². The lowest BCUT2D eigenvalue weighted by atomic mass is 9.98. The third kappa shape index (κ3) is 8.53. The number of carbonyl (C=O) groups excluding carboxylic acids is 4. The van der Waals surface area contributed by atoms with Crippen molar-refractivity contribution in [2.45, 2.75) is 43.1 Å². The van der Waals surface area contributed by atoms with Gasteiger partial charge in [0.25, 0.3) is 0 Å². The number of rotatable bonds is 14. The molecule has 0 bridgehead atoms. The fraction of sp³-hybridized carbons (Fsp3) is 0.765. The Labute approximate surface area is 185 Å². The molecule has 0 radical (unpaired) electrons. The molecule has 0 aromatic carbocycles. The maximum absolute atomic E-state index is 12.6. The Bertz CT molecular complexity index is 659. The minimum Gasteiger partial charge on any atom is -0.428 e. The van der Waals surface area contributed by atoms with Gasteiger partial charge in [-0.1, -0.05) is 0 Å². The minimum absolute atomic E-state index is 0.370. The molecular weight excluding hydrogens is 470 g/mol. The van der Waals surface area contributed by atoms with Gasteiger partial charge in [0.15, 0.2) is 11.6 Å². The molecule has 0 amide bonds. The number of ketones is 2. The van der Waals surface area contributed by atoms with Crippen LogP contribution in [0.3, 0.4) is 0 Å². The average molecular weight is 496 g/mol. The van der Waals surface area contributed by atoms with Crippen molar-refractivity contribution >= 4 is 23.5 Å². The number of nitrogens with one attached hydrogen (secondary N) is 4. The summed E-state index contributed by atoms with van der Waals surface area (Å²) in [5, 5.41) is 9.22. The first-order chi connectivity index (χ1) is 15.0. The molecule has 4 N–H and O–H groups in total. The molecule has 10 nitrogen and oxygen atoms in total. The molecule has 192 valence electrons. The summed E-state index contributed by atoms with van der Waals surface area (Å²) in [4.78, 5) is 47.6. The predicted octanol–water partition coefficient (Wildman–Crippen LogP) is -0.224. The van der Waals surface area contributed by atoms with Crippen LogP contribution in [-0.4, -0.2) is 88.6 Å². The molecule has 0 aromatic rings. The lowest BCUT2D eigenvalue weighted by Gasteiger charge is -2.33. The van der Waals surface area contributed by atoms with Gasteiger partial charge in [-0.3, -0.25) is 20.2 Å². The summed E-state index contributed by atoms with van der Waals surface area (Å²) < 4.78 is 84.3. The maximum Gasteiger partial charge on any atom is 0.491 e. The van der Waals surface area contributed by atoms with Crippen LogP contribution in [0, 0.1) is 0 Å². The largest absolute Gasteiger partial charge is 0.491 e. The van der Waals surface area contributed by atoms with Crippen LogP contribution in [0.15, 0.2) is 0 Å². The van der Waals surface area contributed by atoms with Crippen LogP contribution in [0.4, 0.5) is 26.3 Å². The van der Waals surface area contributed by atoms with E-state index in [0.717, 1.165) is 14.1 Å². The topological polar surface area (TPSA) is 135 Å². The number of alkyl halides is 6. The Morgan fingerprint density at radius 2 is 0.939 bits per heavy atom. The van der Waals surface area contributed by atoms with Gasteiger partial charge < -0.3 is 20.1 Å². The van der Waals surface area contributed by atoms with Crippen LogP contribution >= 0.6 is 0 Å². The van der Waals surface area contributed by atoms with Crippen LogP contribution < -0.4 is 21.3 Å². The number of likely N-dealkylation sites (N-methyl/N-ethyl adjacent to an activating group) is 4. The Morgan fingerprint density at radius 1 is 0.636 bits per heavy atom. The number of hydrogen-bond acceptors (Lipinski definition) is 10. The third-order valence-electron chi connectivity index (χ3n) is 4.36. The van der Waals surface area contributed by atoms with Crippen LogP contribution in [0.1, 0.15) is 19.3 Å². The first-order valence-electron chi connectivity index (χ1n) is 9.39. The van der Waals surface area contributed by atoms with Crippen molar-refractivity contribution in [2.75, 3.05) is 41.3 Å². The fourth-order valence-electron chi connectivity index (χ4n) is 2.68. The van der Waals surface area contributed by atoms with E-state index in [2.05, 4.69) is 30.7 Å². The first-order valence-corrected chi connectivity index (χ1v) is 9.39. The number of ether oxygens (including phenoxy) is 2. The Morgan fingerprint density at radius 3 is 1.15 bits per heavy atom. The summed E-state index contributed by atoms with van der Waals surface area (Å²) in [7, 11) is 4.69. The summed E-state index contributed by atoms with van der Waals surface area (Å²) >= 11 is 0. The number of carbonyl (C=O) groups is 4. The molecule has 0 saturated heterocycles. The highest BCUT2D eigenvalue weighted by Crippen LogP contribution is 2.24. The molecule has 0 heterocycles. The predicted molar refractivity (Wildman–Crippen MR) is 99.6 cm³/mol. The summed E-state index contributed by atoms with van der Waals surface area (Å²) in [6.07, 6.45) is -12.3. The van der Waals surface area contributed by atoms with E-state index in [1.807, 2.05) is 0 Å². The zero-order valence-electron chi connectivity index (χ0n) is 18.3. The molecule has 0 aliphatic carbocycles. The van der Waals surface area contributed by atoms with Crippen LogP contribution in [0.2, 0.25) is 0 Å². The molecule has 33 heavy (non-hydrogen) atoms.